The Bertz CT molecular complexity index is 6.00. The Morgan fingerprint density at radius 2 is 0.750 bits per heavy atom. The summed E-state index contributed by atoms with van der Waals surface area (Å²) in [4.78, 5) is 0. The first-order valence-corrected chi connectivity index (χ1v) is 0. The quantitative estimate of drug-likeness (QED) is 0.431. The van der Waals surface area contributed by atoms with Crippen molar-refractivity contribution in [3.8, 4) is 0 Å². The van der Waals surface area contributed by atoms with Crippen LogP contribution in [0.2, 0.25) is 0 Å². The van der Waals surface area contributed by atoms with E-state index in [0.717, 1.165) is 0 Å². The van der Waals surface area contributed by atoms with E-state index in [-0.39, 0.29) is 83.9 Å². The maximum Gasteiger partial charge on any atom is 3.00 e. The first-order chi connectivity index (χ1) is 0. The molecule has 0 atom stereocenters. The molecule has 0 unspecified atom stereocenters. The van der Waals surface area contributed by atoms with E-state index >= 15 is 0 Å². The van der Waals surface area contributed by atoms with E-state index in [9.17, 15) is 0 Å². The Kier molecular flexibility index (Phi) is 150. The summed E-state index contributed by atoms with van der Waals surface area (Å²) < 4.78 is 0. The van der Waals surface area contributed by atoms with Crippen LogP contribution in [0.3, 0.4) is 0 Å². The van der Waals surface area contributed by atoms with E-state index in [0.29, 0.717) is 0 Å². The Morgan fingerprint density at radius 3 is 0.750 bits per heavy atom. The minimum absolute atomic E-state index is 0. The second kappa shape index (κ2) is 18.3. The molecule has 0 aliphatic heterocycles. The second-order valence-corrected chi connectivity index (χ2v) is 0. The monoisotopic (exact) mass is 373 g/mol. The fourth-order valence-corrected chi connectivity index (χ4v) is 0. The Balaban J connectivity index is 0. The first-order valence-electron chi connectivity index (χ1n) is 0. The molecular formula is FOTm2+3. The minimum Gasteiger partial charge on any atom is -2.00 e. The molecule has 0 saturated carbocycles. The van der Waals surface area contributed by atoms with Crippen molar-refractivity contribution in [2.45, 2.75) is 0 Å². The summed E-state index contributed by atoms with van der Waals surface area (Å²) >= 11 is 0. The van der Waals surface area contributed by atoms with E-state index < -0.39 is 0 Å². The standard InChI is InChI=1S/FH.O.2Tm/h1H;;;/q;-2;2*+3/p-1. The predicted molar refractivity (Wildman–Crippen MR) is 0.686 cm³/mol. The Labute approximate surface area is 82.2 Å². The zero-order valence-electron chi connectivity index (χ0n) is 1.34. The van der Waals surface area contributed by atoms with Gasteiger partial charge in [0.2, 0.25) is 0 Å². The van der Waals surface area contributed by atoms with Gasteiger partial charge in [0.15, 0.2) is 0 Å². The van der Waals surface area contributed by atoms with Gasteiger partial charge in [-0.15, -0.1) is 0 Å². The van der Waals surface area contributed by atoms with Crippen LogP contribution in [0.25, 0.3) is 0 Å². The maximum atomic E-state index is 0. The zero-order valence-corrected chi connectivity index (χ0v) is 4.90. The van der Waals surface area contributed by atoms with Crippen molar-refractivity contribution >= 4 is 0 Å². The summed E-state index contributed by atoms with van der Waals surface area (Å²) in [5, 5.41) is 0. The average molecular weight is 373 g/mol. The van der Waals surface area contributed by atoms with Gasteiger partial charge in [0.25, 0.3) is 0 Å². The van der Waals surface area contributed by atoms with Crippen LogP contribution < -0.4 is 4.70 Å². The topological polar surface area (TPSA) is 28.5 Å². The molecule has 0 aliphatic rings. The van der Waals surface area contributed by atoms with Crippen molar-refractivity contribution in [3.63, 3.8) is 0 Å². The van der Waals surface area contributed by atoms with Crippen molar-refractivity contribution in [1.82, 2.24) is 0 Å². The predicted octanol–water partition coefficient (Wildman–Crippen LogP) is -3.11. The van der Waals surface area contributed by atoms with Crippen LogP contribution >= 0.6 is 0 Å². The fraction of sp³-hybridized carbons (Fsp3) is 0. The van der Waals surface area contributed by atoms with Crippen LogP contribution in [-0.2, 0) is 5.48 Å². The van der Waals surface area contributed by atoms with Gasteiger partial charge >= 0.3 is 73.7 Å². The average Bonchev–Trinajstić information content (AvgIpc) is 0. The van der Waals surface area contributed by atoms with Crippen molar-refractivity contribution in [2.75, 3.05) is 0 Å². The third-order valence-corrected chi connectivity index (χ3v) is 0. The van der Waals surface area contributed by atoms with E-state index in [1.54, 1.807) is 0 Å². The molecule has 36 valence electrons. The van der Waals surface area contributed by atoms with Gasteiger partial charge in [-0.2, -0.15) is 0 Å². The smallest absolute Gasteiger partial charge is 2.00 e. The Hall–Kier alpha value is 2.36. The van der Waals surface area contributed by atoms with Gasteiger partial charge in [-0.3, -0.25) is 0 Å². The van der Waals surface area contributed by atoms with Crippen molar-refractivity contribution in [1.29, 1.82) is 0 Å². The van der Waals surface area contributed by atoms with Crippen LogP contribution in [-0.4, -0.2) is 0 Å². The third-order valence-electron chi connectivity index (χ3n) is 0. The van der Waals surface area contributed by atoms with Crippen LogP contribution in [0, 0.1) is 73.7 Å². The van der Waals surface area contributed by atoms with E-state index in [2.05, 4.69) is 0 Å². The molecule has 0 N–H and O–H groups in total. The molecule has 0 heterocycles. The van der Waals surface area contributed by atoms with Gasteiger partial charge < -0.3 is 10.2 Å². The summed E-state index contributed by atoms with van der Waals surface area (Å²) in [6.45, 7) is 0. The first kappa shape index (κ1) is 32.8. The molecular weight excluding hydrogens is 373 g/mol. The van der Waals surface area contributed by atoms with Gasteiger partial charge in [-0.05, 0) is 0 Å². The van der Waals surface area contributed by atoms with Crippen molar-refractivity contribution in [2.24, 2.45) is 0 Å². The number of hydrogen-bond donors (Lipinski definition) is 0. The van der Waals surface area contributed by atoms with Gasteiger partial charge in [0.1, 0.15) is 0 Å². The molecule has 0 aromatic rings. The maximum absolute atomic E-state index is 0. The number of halogens is 1. The van der Waals surface area contributed by atoms with Crippen LogP contribution in [0.1, 0.15) is 0 Å². The molecule has 4 heavy (non-hydrogen) atoms. The zero-order chi connectivity index (χ0) is 0. The van der Waals surface area contributed by atoms with Crippen molar-refractivity contribution < 1.29 is 83.9 Å². The van der Waals surface area contributed by atoms with Gasteiger partial charge in [0.05, 0.1) is 0 Å². The molecule has 0 aromatic carbocycles. The summed E-state index contributed by atoms with van der Waals surface area (Å²) in [7, 11) is 0. The molecule has 0 fully saturated rings. The molecule has 0 bridgehead atoms. The minimum atomic E-state index is 0. The second-order valence-electron chi connectivity index (χ2n) is 0. The molecule has 0 aliphatic carbocycles. The van der Waals surface area contributed by atoms with Crippen molar-refractivity contribution in [3.05, 3.63) is 0 Å². The largest absolute Gasteiger partial charge is 3.00 e. The Morgan fingerprint density at radius 1 is 0.750 bits per heavy atom. The molecule has 0 spiro atoms. The number of hydrogen-bond acceptors (Lipinski definition) is 0. The molecule has 0 saturated heterocycles. The summed E-state index contributed by atoms with van der Waals surface area (Å²) in [5.41, 5.74) is 0. The summed E-state index contributed by atoms with van der Waals surface area (Å²) in [6.07, 6.45) is 0. The summed E-state index contributed by atoms with van der Waals surface area (Å²) in [5.74, 6) is 0. The molecule has 0 radical (unpaired) electrons. The van der Waals surface area contributed by atoms with E-state index in [1.165, 1.54) is 0 Å². The summed E-state index contributed by atoms with van der Waals surface area (Å²) in [6, 6.07) is 0. The SMILES string of the molecule is [F-].[O-2].[Tm+3].[Tm+3]. The normalized spacial score (nSPS) is 0. The van der Waals surface area contributed by atoms with Crippen LogP contribution in [0.15, 0.2) is 0 Å². The third kappa shape index (κ3) is 8.84. The van der Waals surface area contributed by atoms with Gasteiger partial charge in [0, 0.05) is 0 Å². The molecule has 0 rings (SSSR count). The van der Waals surface area contributed by atoms with Crippen LogP contribution in [0.5, 0.6) is 0 Å². The van der Waals surface area contributed by atoms with Gasteiger partial charge in [-0.1, -0.05) is 0 Å². The van der Waals surface area contributed by atoms with E-state index in [1.807, 2.05) is 0 Å². The number of rotatable bonds is 0. The van der Waals surface area contributed by atoms with E-state index in [4.69, 9.17) is 0 Å². The fourth-order valence-electron chi connectivity index (χ4n) is 0. The van der Waals surface area contributed by atoms with Gasteiger partial charge in [-0.25, -0.2) is 0 Å². The van der Waals surface area contributed by atoms with Crippen LogP contribution in [0.4, 0.5) is 0 Å². The molecule has 0 aromatic heterocycles. The molecule has 4 heteroatoms. The molecule has 1 nitrogen and oxygen atoms in total. The molecule has 0 amide bonds.